The topological polar surface area (TPSA) is 87.0 Å². The molecule has 98 valence electrons. The van der Waals surface area contributed by atoms with Crippen LogP contribution in [0.4, 0.5) is 0 Å². The van der Waals surface area contributed by atoms with Crippen molar-refractivity contribution in [3.8, 4) is 0 Å². The molecule has 4 atom stereocenters. The molecular weight excluding hydrogens is 236 g/mol. The molecule has 5 heteroatoms. The molecule has 1 aromatic carbocycles. The Kier molecular flexibility index (Phi) is 3.14. The molecule has 0 aliphatic heterocycles. The number of rotatable bonds is 1. The molecule has 1 aromatic rings. The molecule has 0 amide bonds. The number of aliphatic hydroxyl groups is 3. The molecule has 1 aliphatic rings. The highest BCUT2D eigenvalue weighted by molar-refractivity contribution is 5.66. The summed E-state index contributed by atoms with van der Waals surface area (Å²) in [6.07, 6.45) is -3.58. The number of aliphatic hydroxyl groups excluding tert-OH is 2. The van der Waals surface area contributed by atoms with Crippen LogP contribution in [0.2, 0.25) is 0 Å². The maximum absolute atomic E-state index is 11.0. The van der Waals surface area contributed by atoms with E-state index < -0.39 is 29.9 Å². The summed E-state index contributed by atoms with van der Waals surface area (Å²) in [7, 11) is 0. The van der Waals surface area contributed by atoms with Crippen LogP contribution in [-0.2, 0) is 9.53 Å². The second kappa shape index (κ2) is 4.35. The largest absolute Gasteiger partial charge is 0.456 e. The highest BCUT2D eigenvalue weighted by Gasteiger charge is 2.51. The molecule has 0 radical (unpaired) electrons. The first-order chi connectivity index (χ1) is 8.35. The van der Waals surface area contributed by atoms with E-state index in [0.29, 0.717) is 11.1 Å². The molecule has 0 saturated heterocycles. The lowest BCUT2D eigenvalue weighted by Gasteiger charge is -2.43. The summed E-state index contributed by atoms with van der Waals surface area (Å²) in [5, 5.41) is 30.6. The average Bonchev–Trinajstić information content (AvgIpc) is 2.32. The molecule has 0 spiro atoms. The first kappa shape index (κ1) is 13.0. The number of carbonyl (C=O) groups is 1. The molecular formula is C13H16O5. The Hall–Kier alpha value is -1.43. The second-order valence-electron chi connectivity index (χ2n) is 4.73. The van der Waals surface area contributed by atoms with Gasteiger partial charge in [-0.05, 0) is 18.1 Å². The maximum atomic E-state index is 11.0. The van der Waals surface area contributed by atoms with Crippen molar-refractivity contribution in [1.29, 1.82) is 0 Å². The predicted molar refractivity (Wildman–Crippen MR) is 62.5 cm³/mol. The van der Waals surface area contributed by atoms with E-state index in [1.165, 1.54) is 13.8 Å². The van der Waals surface area contributed by atoms with E-state index >= 15 is 0 Å². The molecule has 0 bridgehead atoms. The van der Waals surface area contributed by atoms with Crippen LogP contribution >= 0.6 is 0 Å². The van der Waals surface area contributed by atoms with E-state index in [4.69, 9.17) is 4.74 Å². The van der Waals surface area contributed by atoms with Gasteiger partial charge in [0.05, 0.1) is 0 Å². The molecule has 0 aromatic heterocycles. The molecule has 0 unspecified atom stereocenters. The Morgan fingerprint density at radius 2 is 1.83 bits per heavy atom. The highest BCUT2D eigenvalue weighted by atomic mass is 16.6. The summed E-state index contributed by atoms with van der Waals surface area (Å²) < 4.78 is 4.95. The minimum Gasteiger partial charge on any atom is -0.456 e. The third kappa shape index (κ3) is 1.90. The van der Waals surface area contributed by atoms with E-state index in [-0.39, 0.29) is 0 Å². The Bertz CT molecular complexity index is 468. The first-order valence-corrected chi connectivity index (χ1v) is 5.70. The van der Waals surface area contributed by atoms with Gasteiger partial charge < -0.3 is 20.1 Å². The number of benzene rings is 1. The van der Waals surface area contributed by atoms with Gasteiger partial charge in [-0.3, -0.25) is 4.79 Å². The summed E-state index contributed by atoms with van der Waals surface area (Å²) >= 11 is 0. The standard InChI is InChI=1S/C13H16O5/c1-7(14)18-12-10(15)8-5-3-4-6-9(8)11(16)13(12,2)17/h3-6,10-12,15-17H,1-2H3/t10-,11+,12+,13+/m0/s1. The third-order valence-corrected chi connectivity index (χ3v) is 3.32. The zero-order valence-corrected chi connectivity index (χ0v) is 10.2. The fourth-order valence-corrected chi connectivity index (χ4v) is 2.34. The number of hydrogen-bond acceptors (Lipinski definition) is 5. The normalized spacial score (nSPS) is 34.8. The van der Waals surface area contributed by atoms with Crippen molar-refractivity contribution in [2.75, 3.05) is 0 Å². The Balaban J connectivity index is 2.49. The van der Waals surface area contributed by atoms with Crippen molar-refractivity contribution in [1.82, 2.24) is 0 Å². The molecule has 1 aliphatic carbocycles. The molecule has 2 rings (SSSR count). The summed E-state index contributed by atoms with van der Waals surface area (Å²) in [4.78, 5) is 11.0. The Morgan fingerprint density at radius 3 is 2.39 bits per heavy atom. The van der Waals surface area contributed by atoms with E-state index in [1.807, 2.05) is 0 Å². The van der Waals surface area contributed by atoms with Crippen LogP contribution in [0.1, 0.15) is 37.2 Å². The number of carbonyl (C=O) groups excluding carboxylic acids is 1. The Morgan fingerprint density at radius 1 is 1.28 bits per heavy atom. The van der Waals surface area contributed by atoms with Crippen molar-refractivity contribution in [2.45, 2.75) is 37.8 Å². The predicted octanol–water partition coefficient (Wildman–Crippen LogP) is 0.450. The van der Waals surface area contributed by atoms with Crippen LogP contribution in [0.3, 0.4) is 0 Å². The molecule has 0 saturated carbocycles. The Labute approximate surface area is 105 Å². The minimum absolute atomic E-state index is 0.443. The van der Waals surface area contributed by atoms with Crippen molar-refractivity contribution in [3.63, 3.8) is 0 Å². The van der Waals surface area contributed by atoms with Crippen LogP contribution in [-0.4, -0.2) is 33.0 Å². The van der Waals surface area contributed by atoms with Gasteiger partial charge in [0.2, 0.25) is 0 Å². The molecule has 0 fully saturated rings. The summed E-state index contributed by atoms with van der Waals surface area (Å²) in [5.41, 5.74) is -0.833. The first-order valence-electron chi connectivity index (χ1n) is 5.70. The minimum atomic E-state index is -1.74. The molecule has 18 heavy (non-hydrogen) atoms. The van der Waals surface area contributed by atoms with Gasteiger partial charge in [-0.15, -0.1) is 0 Å². The van der Waals surface area contributed by atoms with Crippen LogP contribution in [0, 0.1) is 0 Å². The number of fused-ring (bicyclic) bond motifs is 1. The number of ether oxygens (including phenoxy) is 1. The fraction of sp³-hybridized carbons (Fsp3) is 0.462. The lowest BCUT2D eigenvalue weighted by molar-refractivity contribution is -0.205. The van der Waals surface area contributed by atoms with Crippen molar-refractivity contribution < 1.29 is 24.9 Å². The quantitative estimate of drug-likeness (QED) is 0.632. The van der Waals surface area contributed by atoms with E-state index in [2.05, 4.69) is 0 Å². The maximum Gasteiger partial charge on any atom is 0.303 e. The van der Waals surface area contributed by atoms with Crippen molar-refractivity contribution >= 4 is 5.97 Å². The average molecular weight is 252 g/mol. The van der Waals surface area contributed by atoms with Crippen LogP contribution in [0.25, 0.3) is 0 Å². The van der Waals surface area contributed by atoms with Gasteiger partial charge in [-0.1, -0.05) is 24.3 Å². The number of esters is 1. The van der Waals surface area contributed by atoms with Gasteiger partial charge in [-0.2, -0.15) is 0 Å². The molecule has 0 heterocycles. The van der Waals surface area contributed by atoms with Crippen molar-refractivity contribution in [3.05, 3.63) is 35.4 Å². The van der Waals surface area contributed by atoms with Crippen LogP contribution in [0.5, 0.6) is 0 Å². The second-order valence-corrected chi connectivity index (χ2v) is 4.73. The summed E-state index contributed by atoms with van der Waals surface area (Å²) in [5.74, 6) is -0.620. The highest BCUT2D eigenvalue weighted by Crippen LogP contribution is 2.44. The molecule has 5 nitrogen and oxygen atoms in total. The monoisotopic (exact) mass is 252 g/mol. The van der Waals surface area contributed by atoms with E-state index in [1.54, 1.807) is 24.3 Å². The summed E-state index contributed by atoms with van der Waals surface area (Å²) in [6.45, 7) is 2.53. The smallest absolute Gasteiger partial charge is 0.303 e. The van der Waals surface area contributed by atoms with Gasteiger partial charge >= 0.3 is 5.97 Å². The van der Waals surface area contributed by atoms with Gasteiger partial charge in [-0.25, -0.2) is 0 Å². The number of hydrogen-bond donors (Lipinski definition) is 3. The van der Waals surface area contributed by atoms with Crippen LogP contribution < -0.4 is 0 Å². The van der Waals surface area contributed by atoms with E-state index in [0.717, 1.165) is 0 Å². The van der Waals surface area contributed by atoms with E-state index in [9.17, 15) is 20.1 Å². The molecule has 3 N–H and O–H groups in total. The van der Waals surface area contributed by atoms with Crippen molar-refractivity contribution in [2.24, 2.45) is 0 Å². The zero-order valence-electron chi connectivity index (χ0n) is 10.2. The summed E-state index contributed by atoms with van der Waals surface area (Å²) in [6, 6.07) is 6.67. The van der Waals surface area contributed by atoms with Gasteiger partial charge in [0.1, 0.15) is 17.8 Å². The fourth-order valence-electron chi connectivity index (χ4n) is 2.34. The van der Waals surface area contributed by atoms with Gasteiger partial charge in [0, 0.05) is 6.92 Å². The third-order valence-electron chi connectivity index (χ3n) is 3.32. The SMILES string of the molecule is CC(=O)O[C@@H]1[C@@H](O)c2ccccc2[C@@H](O)[C@@]1(C)O. The lowest BCUT2D eigenvalue weighted by atomic mass is 9.75. The van der Waals surface area contributed by atoms with Gasteiger partial charge in [0.15, 0.2) is 6.10 Å². The zero-order chi connectivity index (χ0) is 13.5. The lowest BCUT2D eigenvalue weighted by Crippen LogP contribution is -2.53. The van der Waals surface area contributed by atoms with Crippen LogP contribution in [0.15, 0.2) is 24.3 Å². The van der Waals surface area contributed by atoms with Gasteiger partial charge in [0.25, 0.3) is 0 Å².